The lowest BCUT2D eigenvalue weighted by atomic mass is 9.87. The molecule has 122 valence electrons. The topological polar surface area (TPSA) is 75.4 Å². The summed E-state index contributed by atoms with van der Waals surface area (Å²) in [5.74, 6) is 0.533. The van der Waals surface area contributed by atoms with Crippen LogP contribution in [-0.4, -0.2) is 42.4 Å². The zero-order valence-electron chi connectivity index (χ0n) is 12.7. The number of nitrogens with zero attached hydrogens (tertiary/aromatic N) is 1. The van der Waals surface area contributed by atoms with Gasteiger partial charge in [0, 0.05) is 25.6 Å². The normalized spacial score (nSPS) is 23.3. The minimum atomic E-state index is -0.00264. The summed E-state index contributed by atoms with van der Waals surface area (Å²) in [5.41, 5.74) is 5.86. The van der Waals surface area contributed by atoms with Crippen LogP contribution in [0.25, 0.3) is 0 Å². The molecule has 0 bridgehead atoms. The van der Waals surface area contributed by atoms with Gasteiger partial charge in [-0.05, 0) is 31.6 Å². The van der Waals surface area contributed by atoms with E-state index in [0.717, 1.165) is 32.2 Å². The van der Waals surface area contributed by atoms with Crippen molar-refractivity contribution in [2.24, 2.45) is 11.7 Å². The minimum Gasteiger partial charge on any atom is -0.347 e. The van der Waals surface area contributed by atoms with Crippen molar-refractivity contribution in [3.05, 3.63) is 0 Å². The number of rotatable bonds is 4. The van der Waals surface area contributed by atoms with Crippen molar-refractivity contribution in [2.75, 3.05) is 19.6 Å². The van der Waals surface area contributed by atoms with E-state index in [9.17, 15) is 9.59 Å². The second-order valence-corrected chi connectivity index (χ2v) is 6.23. The molecule has 1 aliphatic carbocycles. The lowest BCUT2D eigenvalue weighted by Gasteiger charge is -2.30. The first-order valence-corrected chi connectivity index (χ1v) is 7.95. The fraction of sp³-hybridized carbons (Fsp3) is 0.867. The van der Waals surface area contributed by atoms with E-state index in [1.165, 1.54) is 19.3 Å². The van der Waals surface area contributed by atoms with Crippen LogP contribution >= 0.6 is 12.4 Å². The minimum absolute atomic E-state index is 0. The molecular formula is C15H28ClN3O2. The van der Waals surface area contributed by atoms with Gasteiger partial charge in [-0.15, -0.1) is 12.4 Å². The second-order valence-electron chi connectivity index (χ2n) is 6.23. The first kappa shape index (κ1) is 18.2. The molecule has 0 aromatic heterocycles. The monoisotopic (exact) mass is 317 g/mol. The van der Waals surface area contributed by atoms with Gasteiger partial charge >= 0.3 is 0 Å². The van der Waals surface area contributed by atoms with Gasteiger partial charge in [0.15, 0.2) is 0 Å². The molecule has 0 spiro atoms. The van der Waals surface area contributed by atoms with Gasteiger partial charge in [-0.1, -0.05) is 19.3 Å². The number of hydrogen-bond acceptors (Lipinski definition) is 3. The molecule has 1 saturated carbocycles. The number of likely N-dealkylation sites (tertiary alicyclic amines) is 1. The van der Waals surface area contributed by atoms with E-state index in [1.807, 2.05) is 0 Å². The predicted molar refractivity (Wildman–Crippen MR) is 85.2 cm³/mol. The number of nitrogens with one attached hydrogen (secondary N) is 1. The van der Waals surface area contributed by atoms with Crippen molar-refractivity contribution < 1.29 is 9.59 Å². The highest BCUT2D eigenvalue weighted by Gasteiger charge is 2.22. The Hall–Kier alpha value is -0.810. The number of amides is 2. The molecule has 5 nitrogen and oxygen atoms in total. The van der Waals surface area contributed by atoms with E-state index in [4.69, 9.17) is 5.73 Å². The zero-order valence-corrected chi connectivity index (χ0v) is 13.5. The highest BCUT2D eigenvalue weighted by Crippen LogP contribution is 2.25. The maximum Gasteiger partial charge on any atom is 0.242 e. The van der Waals surface area contributed by atoms with Crippen LogP contribution < -0.4 is 11.1 Å². The second kappa shape index (κ2) is 9.26. The van der Waals surface area contributed by atoms with Crippen molar-refractivity contribution in [2.45, 2.75) is 57.4 Å². The van der Waals surface area contributed by atoms with Crippen molar-refractivity contribution in [3.8, 4) is 0 Å². The number of carbonyl (C=O) groups excluding carboxylic acids is 2. The molecule has 6 heteroatoms. The molecule has 2 amide bonds. The Kier molecular flexibility index (Phi) is 8.04. The fourth-order valence-corrected chi connectivity index (χ4v) is 3.25. The van der Waals surface area contributed by atoms with Crippen LogP contribution in [0, 0.1) is 5.92 Å². The Morgan fingerprint density at radius 3 is 2.48 bits per heavy atom. The Morgan fingerprint density at radius 2 is 1.81 bits per heavy atom. The molecule has 0 aromatic carbocycles. The molecule has 0 aromatic rings. The molecule has 1 saturated heterocycles. The van der Waals surface area contributed by atoms with E-state index in [2.05, 4.69) is 5.32 Å². The molecule has 2 aliphatic rings. The van der Waals surface area contributed by atoms with E-state index < -0.39 is 0 Å². The Balaban J connectivity index is 0.00000220. The number of hydrogen-bond donors (Lipinski definition) is 2. The van der Waals surface area contributed by atoms with E-state index in [1.54, 1.807) is 4.90 Å². The number of piperidine rings is 1. The van der Waals surface area contributed by atoms with Crippen molar-refractivity contribution in [3.63, 3.8) is 0 Å². The smallest absolute Gasteiger partial charge is 0.242 e. The summed E-state index contributed by atoms with van der Waals surface area (Å²) >= 11 is 0. The molecule has 0 radical (unpaired) electrons. The highest BCUT2D eigenvalue weighted by molar-refractivity contribution is 5.85. The lowest BCUT2D eigenvalue weighted by molar-refractivity contribution is -0.134. The van der Waals surface area contributed by atoms with Gasteiger partial charge < -0.3 is 16.0 Å². The Morgan fingerprint density at radius 1 is 1.10 bits per heavy atom. The molecule has 1 heterocycles. The molecule has 1 aliphatic heterocycles. The summed E-state index contributed by atoms with van der Waals surface area (Å²) in [4.78, 5) is 25.6. The molecule has 3 N–H and O–H groups in total. The largest absolute Gasteiger partial charge is 0.347 e. The van der Waals surface area contributed by atoms with Crippen LogP contribution in [0.5, 0.6) is 0 Å². The van der Waals surface area contributed by atoms with Crippen molar-refractivity contribution >= 4 is 24.2 Å². The molecule has 1 unspecified atom stereocenters. The summed E-state index contributed by atoms with van der Waals surface area (Å²) in [5, 5.41) is 2.77. The fourth-order valence-electron chi connectivity index (χ4n) is 3.25. The molecule has 2 rings (SSSR count). The van der Waals surface area contributed by atoms with Gasteiger partial charge in [0.05, 0.1) is 6.54 Å². The van der Waals surface area contributed by atoms with Gasteiger partial charge in [-0.3, -0.25) is 9.59 Å². The number of carbonyl (C=O) groups is 2. The van der Waals surface area contributed by atoms with Crippen LogP contribution in [0.3, 0.4) is 0 Å². The van der Waals surface area contributed by atoms with Crippen LogP contribution in [0.15, 0.2) is 0 Å². The SMILES string of the molecule is Cl.NC1CCCN(C(=O)CNC(=O)CC2CCCCC2)C1. The predicted octanol–water partition coefficient (Wildman–Crippen LogP) is 1.44. The van der Waals surface area contributed by atoms with Crippen molar-refractivity contribution in [1.29, 1.82) is 0 Å². The van der Waals surface area contributed by atoms with Gasteiger partial charge in [-0.25, -0.2) is 0 Å². The standard InChI is InChI=1S/C15H27N3O2.ClH/c16-13-7-4-8-18(11-13)15(20)10-17-14(19)9-12-5-2-1-3-6-12;/h12-13H,1-11,16H2,(H,17,19);1H. The average Bonchev–Trinajstić information content (AvgIpc) is 2.46. The van der Waals surface area contributed by atoms with E-state index in [-0.39, 0.29) is 36.8 Å². The summed E-state index contributed by atoms with van der Waals surface area (Å²) in [6, 6.07) is 0.0886. The van der Waals surface area contributed by atoms with E-state index >= 15 is 0 Å². The molecule has 2 fully saturated rings. The number of halogens is 1. The third-order valence-electron chi connectivity index (χ3n) is 4.45. The molecule has 21 heavy (non-hydrogen) atoms. The molecular weight excluding hydrogens is 290 g/mol. The quantitative estimate of drug-likeness (QED) is 0.824. The third-order valence-corrected chi connectivity index (χ3v) is 4.45. The Bertz CT molecular complexity index is 346. The summed E-state index contributed by atoms with van der Waals surface area (Å²) in [6.07, 6.45) is 8.61. The van der Waals surface area contributed by atoms with Gasteiger partial charge in [0.2, 0.25) is 11.8 Å². The van der Waals surface area contributed by atoms with Crippen LogP contribution in [0.1, 0.15) is 51.4 Å². The van der Waals surface area contributed by atoms with Crippen LogP contribution in [0.2, 0.25) is 0 Å². The molecule has 1 atom stereocenters. The summed E-state index contributed by atoms with van der Waals surface area (Å²) < 4.78 is 0. The van der Waals surface area contributed by atoms with Gasteiger partial charge in [0.25, 0.3) is 0 Å². The Labute approximate surface area is 133 Å². The average molecular weight is 318 g/mol. The van der Waals surface area contributed by atoms with Crippen LogP contribution in [0.4, 0.5) is 0 Å². The maximum absolute atomic E-state index is 12.0. The first-order chi connectivity index (χ1) is 9.65. The maximum atomic E-state index is 12.0. The van der Waals surface area contributed by atoms with Gasteiger partial charge in [-0.2, -0.15) is 0 Å². The van der Waals surface area contributed by atoms with Crippen molar-refractivity contribution in [1.82, 2.24) is 10.2 Å². The number of nitrogens with two attached hydrogens (primary N) is 1. The van der Waals surface area contributed by atoms with Crippen LogP contribution in [-0.2, 0) is 9.59 Å². The lowest BCUT2D eigenvalue weighted by Crippen LogP contribution is -2.49. The summed E-state index contributed by atoms with van der Waals surface area (Å²) in [7, 11) is 0. The summed E-state index contributed by atoms with van der Waals surface area (Å²) in [6.45, 7) is 1.51. The highest BCUT2D eigenvalue weighted by atomic mass is 35.5. The first-order valence-electron chi connectivity index (χ1n) is 7.95. The third kappa shape index (κ3) is 6.22. The zero-order chi connectivity index (χ0) is 14.4. The van der Waals surface area contributed by atoms with Gasteiger partial charge in [0.1, 0.15) is 0 Å². The van der Waals surface area contributed by atoms with E-state index in [0.29, 0.717) is 18.9 Å².